The summed E-state index contributed by atoms with van der Waals surface area (Å²) >= 11 is 1.79. The molecule has 17 heavy (non-hydrogen) atoms. The van der Waals surface area contributed by atoms with Crippen LogP contribution in [0.5, 0.6) is 0 Å². The summed E-state index contributed by atoms with van der Waals surface area (Å²) in [5, 5.41) is 7.91. The summed E-state index contributed by atoms with van der Waals surface area (Å²) in [5.74, 6) is 1.95. The maximum atomic E-state index is 3.52. The van der Waals surface area contributed by atoms with Crippen LogP contribution >= 0.6 is 11.3 Å². The van der Waals surface area contributed by atoms with Gasteiger partial charge in [0.15, 0.2) is 0 Å². The van der Waals surface area contributed by atoms with Crippen LogP contribution in [0.1, 0.15) is 18.9 Å². The zero-order valence-corrected chi connectivity index (χ0v) is 11.8. The first-order valence-electron chi connectivity index (χ1n) is 6.66. The molecule has 0 amide bonds. The van der Waals surface area contributed by atoms with Gasteiger partial charge in [-0.05, 0) is 60.7 Å². The molecule has 3 heteroatoms. The zero-order valence-electron chi connectivity index (χ0n) is 11.0. The molecule has 2 nitrogen and oxygen atoms in total. The smallest absolute Gasteiger partial charge is 0.0104 e. The van der Waals surface area contributed by atoms with Gasteiger partial charge in [0, 0.05) is 19.6 Å². The molecule has 1 saturated carbocycles. The molecule has 2 atom stereocenters. The minimum Gasteiger partial charge on any atom is -0.315 e. The van der Waals surface area contributed by atoms with Crippen LogP contribution in [0, 0.1) is 11.8 Å². The molecule has 0 saturated heterocycles. The molecule has 1 N–H and O–H groups in total. The molecule has 1 fully saturated rings. The van der Waals surface area contributed by atoms with Gasteiger partial charge in [-0.2, -0.15) is 11.3 Å². The first-order chi connectivity index (χ1) is 8.25. The van der Waals surface area contributed by atoms with Gasteiger partial charge >= 0.3 is 0 Å². The van der Waals surface area contributed by atoms with Gasteiger partial charge in [0.2, 0.25) is 0 Å². The summed E-state index contributed by atoms with van der Waals surface area (Å²) in [4.78, 5) is 2.46. The topological polar surface area (TPSA) is 15.3 Å². The Balaban J connectivity index is 1.45. The first-order valence-corrected chi connectivity index (χ1v) is 7.60. The lowest BCUT2D eigenvalue weighted by molar-refractivity contribution is 0.313. The van der Waals surface area contributed by atoms with E-state index in [4.69, 9.17) is 0 Å². The van der Waals surface area contributed by atoms with Crippen molar-refractivity contribution in [2.45, 2.75) is 19.8 Å². The molecule has 2 rings (SSSR count). The fourth-order valence-corrected chi connectivity index (χ4v) is 2.91. The molecular formula is C14H24N2S. The van der Waals surface area contributed by atoms with Crippen molar-refractivity contribution >= 4 is 11.3 Å². The van der Waals surface area contributed by atoms with Gasteiger partial charge < -0.3 is 10.2 Å². The lowest BCUT2D eigenvalue weighted by atomic mass is 10.2. The van der Waals surface area contributed by atoms with Crippen LogP contribution < -0.4 is 5.32 Å². The fraction of sp³-hybridized carbons (Fsp3) is 0.714. The number of hydrogen-bond donors (Lipinski definition) is 1. The second-order valence-electron chi connectivity index (χ2n) is 5.37. The van der Waals surface area contributed by atoms with Crippen molar-refractivity contribution in [3.8, 4) is 0 Å². The van der Waals surface area contributed by atoms with E-state index < -0.39 is 0 Å². The molecule has 1 heterocycles. The van der Waals surface area contributed by atoms with Gasteiger partial charge in [0.1, 0.15) is 0 Å². The average Bonchev–Trinajstić information content (AvgIpc) is 2.82. The van der Waals surface area contributed by atoms with Gasteiger partial charge in [-0.25, -0.2) is 0 Å². The van der Waals surface area contributed by atoms with E-state index in [1.54, 1.807) is 11.3 Å². The highest BCUT2D eigenvalue weighted by Crippen LogP contribution is 2.37. The van der Waals surface area contributed by atoms with Gasteiger partial charge in [0.25, 0.3) is 0 Å². The lowest BCUT2D eigenvalue weighted by Gasteiger charge is -2.16. The predicted molar refractivity (Wildman–Crippen MR) is 75.7 cm³/mol. The highest BCUT2D eigenvalue weighted by atomic mass is 32.1. The molecule has 0 spiro atoms. The molecule has 0 aromatic carbocycles. The molecule has 1 aliphatic rings. The van der Waals surface area contributed by atoms with Crippen LogP contribution in [0.25, 0.3) is 0 Å². The van der Waals surface area contributed by atoms with Crippen LogP contribution in [0.15, 0.2) is 16.8 Å². The summed E-state index contributed by atoms with van der Waals surface area (Å²) in [6, 6.07) is 2.22. The fourth-order valence-electron chi connectivity index (χ4n) is 2.21. The highest BCUT2D eigenvalue weighted by Gasteiger charge is 2.32. The number of likely N-dealkylation sites (N-methyl/N-ethyl adjacent to an activating group) is 1. The van der Waals surface area contributed by atoms with E-state index in [1.807, 2.05) is 0 Å². The van der Waals surface area contributed by atoms with E-state index in [1.165, 1.54) is 25.1 Å². The third-order valence-corrected chi connectivity index (χ3v) is 4.40. The lowest BCUT2D eigenvalue weighted by Crippen LogP contribution is -2.31. The number of thiophene rings is 1. The highest BCUT2D eigenvalue weighted by molar-refractivity contribution is 7.07. The molecule has 96 valence electrons. The van der Waals surface area contributed by atoms with Gasteiger partial charge in [-0.1, -0.05) is 6.92 Å². The molecule has 1 aromatic rings. The van der Waals surface area contributed by atoms with Crippen molar-refractivity contribution in [1.29, 1.82) is 0 Å². The number of hydrogen-bond acceptors (Lipinski definition) is 3. The monoisotopic (exact) mass is 252 g/mol. The zero-order chi connectivity index (χ0) is 12.1. The number of rotatable bonds is 8. The van der Waals surface area contributed by atoms with Gasteiger partial charge in [0.05, 0.1) is 0 Å². The van der Waals surface area contributed by atoms with Crippen molar-refractivity contribution in [2.75, 3.05) is 33.2 Å². The van der Waals surface area contributed by atoms with Crippen LogP contribution in [0.2, 0.25) is 0 Å². The second kappa shape index (κ2) is 6.53. The van der Waals surface area contributed by atoms with E-state index >= 15 is 0 Å². The first kappa shape index (κ1) is 13.1. The minimum atomic E-state index is 0.976. The SMILES string of the molecule is CC1CC1CN(C)CCNCCc1ccsc1. The third-order valence-electron chi connectivity index (χ3n) is 3.66. The van der Waals surface area contributed by atoms with Crippen LogP contribution in [0.3, 0.4) is 0 Å². The van der Waals surface area contributed by atoms with Crippen molar-refractivity contribution < 1.29 is 0 Å². The van der Waals surface area contributed by atoms with E-state index in [0.29, 0.717) is 0 Å². The normalized spacial score (nSPS) is 23.2. The predicted octanol–water partition coefficient (Wildman–Crippen LogP) is 2.47. The quantitative estimate of drug-likeness (QED) is 0.715. The molecule has 0 aliphatic heterocycles. The van der Waals surface area contributed by atoms with Crippen LogP contribution in [0.4, 0.5) is 0 Å². The molecule has 1 aromatic heterocycles. The maximum absolute atomic E-state index is 3.52. The number of nitrogens with one attached hydrogen (secondary N) is 1. The Morgan fingerprint density at radius 3 is 2.94 bits per heavy atom. The Labute approximate surface area is 109 Å². The van der Waals surface area contributed by atoms with E-state index in [-0.39, 0.29) is 0 Å². The average molecular weight is 252 g/mol. The second-order valence-corrected chi connectivity index (χ2v) is 6.15. The number of nitrogens with zero attached hydrogens (tertiary/aromatic N) is 1. The third kappa shape index (κ3) is 4.78. The van der Waals surface area contributed by atoms with Crippen molar-refractivity contribution in [3.63, 3.8) is 0 Å². The Bertz CT molecular complexity index is 310. The van der Waals surface area contributed by atoms with Crippen LogP contribution in [-0.4, -0.2) is 38.1 Å². The molecule has 0 bridgehead atoms. The summed E-state index contributed by atoms with van der Waals surface area (Å²) in [6.45, 7) is 7.03. The maximum Gasteiger partial charge on any atom is 0.0104 e. The minimum absolute atomic E-state index is 0.976. The van der Waals surface area contributed by atoms with Gasteiger partial charge in [-0.15, -0.1) is 0 Å². The van der Waals surface area contributed by atoms with Crippen LogP contribution in [-0.2, 0) is 6.42 Å². The van der Waals surface area contributed by atoms with Gasteiger partial charge in [-0.3, -0.25) is 0 Å². The summed E-state index contributed by atoms with van der Waals surface area (Å²) in [6.07, 6.45) is 2.60. The van der Waals surface area contributed by atoms with Crippen molar-refractivity contribution in [3.05, 3.63) is 22.4 Å². The van der Waals surface area contributed by atoms with Crippen molar-refractivity contribution in [2.24, 2.45) is 11.8 Å². The van der Waals surface area contributed by atoms with E-state index in [2.05, 4.69) is 41.0 Å². The summed E-state index contributed by atoms with van der Waals surface area (Å²) in [7, 11) is 2.24. The molecule has 1 aliphatic carbocycles. The molecular weight excluding hydrogens is 228 g/mol. The Hall–Kier alpha value is -0.380. The summed E-state index contributed by atoms with van der Waals surface area (Å²) in [5.41, 5.74) is 1.46. The molecule has 2 unspecified atom stereocenters. The van der Waals surface area contributed by atoms with Crippen molar-refractivity contribution in [1.82, 2.24) is 10.2 Å². The van der Waals surface area contributed by atoms with E-state index in [0.717, 1.165) is 31.3 Å². The van der Waals surface area contributed by atoms with E-state index in [9.17, 15) is 0 Å². The Kier molecular flexibility index (Phi) is 5.01. The molecule has 0 radical (unpaired) electrons. The standard InChI is InChI=1S/C14H24N2S/c1-12-9-14(12)10-16(2)7-6-15-5-3-13-4-8-17-11-13/h4,8,11-12,14-15H,3,5-7,9-10H2,1-2H3. The Morgan fingerprint density at radius 1 is 1.47 bits per heavy atom. The summed E-state index contributed by atoms with van der Waals surface area (Å²) < 4.78 is 0. The Morgan fingerprint density at radius 2 is 2.29 bits per heavy atom. The largest absolute Gasteiger partial charge is 0.315 e.